The van der Waals surface area contributed by atoms with Crippen molar-refractivity contribution in [3.63, 3.8) is 0 Å². The van der Waals surface area contributed by atoms with Crippen LogP contribution in [0, 0.1) is 11.6 Å². The highest BCUT2D eigenvalue weighted by molar-refractivity contribution is 9.10. The Morgan fingerprint density at radius 1 is 1.00 bits per heavy atom. The van der Waals surface area contributed by atoms with Gasteiger partial charge in [-0.15, -0.1) is 0 Å². The molecule has 2 nitrogen and oxygen atoms in total. The molecular weight excluding hydrogens is 410 g/mol. The quantitative estimate of drug-likeness (QED) is 0.689. The minimum absolute atomic E-state index is 0.338. The second-order valence-corrected chi connectivity index (χ2v) is 6.03. The van der Waals surface area contributed by atoms with Gasteiger partial charge < -0.3 is 5.11 Å². The predicted octanol–water partition coefficient (Wildman–Crippen LogP) is 5.04. The van der Waals surface area contributed by atoms with Gasteiger partial charge in [0, 0.05) is 14.5 Å². The molecule has 0 saturated heterocycles. The van der Waals surface area contributed by atoms with E-state index in [4.69, 9.17) is 5.11 Å². The second-order valence-electron chi connectivity index (χ2n) is 4.20. The van der Waals surface area contributed by atoms with Crippen molar-refractivity contribution < 1.29 is 18.7 Å². The van der Waals surface area contributed by atoms with Gasteiger partial charge in [-0.3, -0.25) is 4.79 Å². The van der Waals surface area contributed by atoms with Gasteiger partial charge >= 0.3 is 0 Å². The Morgan fingerprint density at radius 3 is 1.95 bits per heavy atom. The average molecular weight is 422 g/mol. The van der Waals surface area contributed by atoms with Crippen LogP contribution in [0.2, 0.25) is 0 Å². The Labute approximate surface area is 138 Å². The molecule has 1 atom stereocenters. The number of aliphatic hydroxyl groups is 1. The lowest BCUT2D eigenvalue weighted by molar-refractivity contribution is 0.112. The van der Waals surface area contributed by atoms with Crippen LogP contribution < -0.4 is 0 Å². The van der Waals surface area contributed by atoms with Crippen LogP contribution in [0.5, 0.6) is 0 Å². The molecule has 112 valence electrons. The minimum Gasteiger partial charge on any atom is -0.389 e. The molecular formula is C15H12Br2F2O2. The minimum atomic E-state index is -0.623. The molecule has 0 saturated carbocycles. The normalized spacial score (nSPS) is 11.3. The predicted molar refractivity (Wildman–Crippen MR) is 84.2 cm³/mol. The molecule has 0 amide bonds. The first-order chi connectivity index (χ1) is 9.81. The lowest BCUT2D eigenvalue weighted by Gasteiger charge is -2.04. The van der Waals surface area contributed by atoms with E-state index >= 15 is 0 Å². The van der Waals surface area contributed by atoms with E-state index in [2.05, 4.69) is 31.9 Å². The van der Waals surface area contributed by atoms with Crippen molar-refractivity contribution in [2.75, 3.05) is 0 Å². The standard InChI is InChI=1S/C8H8BrFO.C7H4BrFO/c1-5(11)6-2-7(9)4-8(10)3-6;8-6-1-5(4-10)2-7(9)3-6/h2-5,11H,1H3;1-4H. The largest absolute Gasteiger partial charge is 0.389 e. The number of aliphatic hydroxyl groups excluding tert-OH is 1. The van der Waals surface area contributed by atoms with Gasteiger partial charge in [0.1, 0.15) is 17.9 Å². The zero-order valence-corrected chi connectivity index (χ0v) is 14.2. The maximum Gasteiger partial charge on any atom is 0.150 e. The van der Waals surface area contributed by atoms with Gasteiger partial charge in [-0.1, -0.05) is 31.9 Å². The SMILES string of the molecule is CC(O)c1cc(F)cc(Br)c1.O=Cc1cc(F)cc(Br)c1. The van der Waals surface area contributed by atoms with Crippen LogP contribution in [0.25, 0.3) is 0 Å². The van der Waals surface area contributed by atoms with Gasteiger partial charge in [-0.25, -0.2) is 8.78 Å². The lowest BCUT2D eigenvalue weighted by Crippen LogP contribution is -1.91. The van der Waals surface area contributed by atoms with Crippen molar-refractivity contribution in [1.82, 2.24) is 0 Å². The summed E-state index contributed by atoms with van der Waals surface area (Å²) in [6.07, 6.45) is -0.0181. The summed E-state index contributed by atoms with van der Waals surface area (Å²) < 4.78 is 26.3. The van der Waals surface area contributed by atoms with Gasteiger partial charge in [0.05, 0.1) is 6.10 Å². The van der Waals surface area contributed by atoms with Crippen molar-refractivity contribution >= 4 is 38.1 Å². The van der Waals surface area contributed by atoms with E-state index in [0.717, 1.165) is 0 Å². The molecule has 1 unspecified atom stereocenters. The molecule has 2 rings (SSSR count). The summed E-state index contributed by atoms with van der Waals surface area (Å²) in [5, 5.41) is 9.09. The molecule has 2 aromatic rings. The van der Waals surface area contributed by atoms with Crippen LogP contribution in [-0.4, -0.2) is 11.4 Å². The first-order valence-corrected chi connectivity index (χ1v) is 7.45. The van der Waals surface area contributed by atoms with Crippen LogP contribution in [-0.2, 0) is 0 Å². The van der Waals surface area contributed by atoms with Gasteiger partial charge in [-0.2, -0.15) is 0 Å². The summed E-state index contributed by atoms with van der Waals surface area (Å²) in [6.45, 7) is 1.60. The van der Waals surface area contributed by atoms with Crippen molar-refractivity contribution in [3.8, 4) is 0 Å². The molecule has 0 aliphatic heterocycles. The summed E-state index contributed by atoms with van der Waals surface area (Å²) >= 11 is 6.18. The third kappa shape index (κ3) is 6.46. The Hall–Kier alpha value is -1.11. The number of hydrogen-bond donors (Lipinski definition) is 1. The number of rotatable bonds is 2. The molecule has 2 aromatic carbocycles. The summed E-state index contributed by atoms with van der Waals surface area (Å²) in [4.78, 5) is 10.1. The van der Waals surface area contributed by atoms with Crippen LogP contribution in [0.15, 0.2) is 45.3 Å². The summed E-state index contributed by atoms with van der Waals surface area (Å²) in [5.41, 5.74) is 0.920. The van der Waals surface area contributed by atoms with Gasteiger partial charge in [0.25, 0.3) is 0 Å². The second kappa shape index (κ2) is 8.36. The average Bonchev–Trinajstić information content (AvgIpc) is 2.37. The zero-order valence-electron chi connectivity index (χ0n) is 11.0. The van der Waals surface area contributed by atoms with E-state index in [1.165, 1.54) is 24.3 Å². The van der Waals surface area contributed by atoms with Crippen LogP contribution in [0.4, 0.5) is 8.78 Å². The fraction of sp³-hybridized carbons (Fsp3) is 0.133. The lowest BCUT2D eigenvalue weighted by atomic mass is 10.1. The number of aldehydes is 1. The number of halogens is 4. The Balaban J connectivity index is 0.000000211. The summed E-state index contributed by atoms with van der Waals surface area (Å²) in [7, 11) is 0. The van der Waals surface area contributed by atoms with E-state index in [-0.39, 0.29) is 5.82 Å². The summed E-state index contributed by atoms with van der Waals surface area (Å²) in [6, 6.07) is 8.38. The maximum absolute atomic E-state index is 12.6. The van der Waals surface area contributed by atoms with Gasteiger partial charge in [0.2, 0.25) is 0 Å². The van der Waals surface area contributed by atoms with Crippen LogP contribution >= 0.6 is 31.9 Å². The van der Waals surface area contributed by atoms with E-state index < -0.39 is 11.9 Å². The molecule has 0 fully saturated rings. The Kier molecular flexibility index (Phi) is 7.14. The molecule has 6 heteroatoms. The van der Waals surface area contributed by atoms with Gasteiger partial charge in [0.15, 0.2) is 0 Å². The molecule has 0 heterocycles. The van der Waals surface area contributed by atoms with Crippen LogP contribution in [0.3, 0.4) is 0 Å². The number of benzene rings is 2. The molecule has 1 N–H and O–H groups in total. The third-order valence-corrected chi connectivity index (χ3v) is 3.30. The number of hydrogen-bond acceptors (Lipinski definition) is 2. The number of carbonyl (C=O) groups excluding carboxylic acids is 1. The fourth-order valence-corrected chi connectivity index (χ4v) is 2.43. The molecule has 0 aliphatic carbocycles. The monoisotopic (exact) mass is 420 g/mol. The molecule has 0 aliphatic rings. The highest BCUT2D eigenvalue weighted by Gasteiger charge is 2.03. The smallest absolute Gasteiger partial charge is 0.150 e. The maximum atomic E-state index is 12.6. The van der Waals surface area contributed by atoms with Crippen molar-refractivity contribution in [2.24, 2.45) is 0 Å². The fourth-order valence-electron chi connectivity index (χ4n) is 1.46. The van der Waals surface area contributed by atoms with Gasteiger partial charge in [-0.05, 0) is 48.9 Å². The van der Waals surface area contributed by atoms with Crippen molar-refractivity contribution in [3.05, 3.63) is 68.1 Å². The summed E-state index contributed by atoms with van der Waals surface area (Å²) in [5.74, 6) is -0.744. The van der Waals surface area contributed by atoms with E-state index in [9.17, 15) is 13.6 Å². The molecule has 0 radical (unpaired) electrons. The molecule has 0 bridgehead atoms. The number of carbonyl (C=O) groups is 1. The molecule has 21 heavy (non-hydrogen) atoms. The van der Waals surface area contributed by atoms with E-state index in [0.29, 0.717) is 26.4 Å². The Morgan fingerprint density at radius 2 is 1.52 bits per heavy atom. The van der Waals surface area contributed by atoms with E-state index in [1.54, 1.807) is 19.1 Å². The first-order valence-electron chi connectivity index (χ1n) is 5.87. The van der Waals surface area contributed by atoms with E-state index in [1.807, 2.05) is 0 Å². The first kappa shape index (κ1) is 17.9. The van der Waals surface area contributed by atoms with Crippen molar-refractivity contribution in [1.29, 1.82) is 0 Å². The van der Waals surface area contributed by atoms with Crippen molar-refractivity contribution in [2.45, 2.75) is 13.0 Å². The Bertz CT molecular complexity index is 591. The highest BCUT2D eigenvalue weighted by Crippen LogP contribution is 2.19. The molecule has 0 aromatic heterocycles. The zero-order chi connectivity index (χ0) is 16.0. The van der Waals surface area contributed by atoms with Crippen LogP contribution in [0.1, 0.15) is 28.9 Å². The topological polar surface area (TPSA) is 37.3 Å². The highest BCUT2D eigenvalue weighted by atomic mass is 79.9. The third-order valence-electron chi connectivity index (χ3n) is 2.39. The molecule has 0 spiro atoms.